The summed E-state index contributed by atoms with van der Waals surface area (Å²) in [7, 11) is -0.716. The van der Waals surface area contributed by atoms with E-state index in [-0.39, 0.29) is 13.2 Å². The van der Waals surface area contributed by atoms with E-state index in [2.05, 4.69) is 16.0 Å². The molecule has 0 rings (SSSR count). The maximum absolute atomic E-state index is 11.5. The zero-order chi connectivity index (χ0) is 18.4. The lowest BCUT2D eigenvalue weighted by Gasteiger charge is -2.24. The Balaban J connectivity index is 3.75. The van der Waals surface area contributed by atoms with Crippen molar-refractivity contribution in [1.82, 2.24) is 0 Å². The van der Waals surface area contributed by atoms with Gasteiger partial charge in [0, 0.05) is 6.42 Å². The zero-order valence-electron chi connectivity index (χ0n) is 15.0. The number of phosphoric ester groups is 1. The molecule has 2 unspecified atom stereocenters. The Morgan fingerprint density at radius 1 is 1.17 bits per heavy atom. The SMILES string of the molecule is CCCCCCCC(=O)OCC(O)COP(=O)([O-])OCC[NH+](C)C. The van der Waals surface area contributed by atoms with Crippen molar-refractivity contribution in [2.24, 2.45) is 0 Å². The highest BCUT2D eigenvalue weighted by atomic mass is 31.2. The number of nitrogens with one attached hydrogen (secondary N) is 1. The number of quaternary nitrogens is 1. The van der Waals surface area contributed by atoms with Crippen molar-refractivity contribution >= 4 is 13.8 Å². The molecule has 0 saturated carbocycles. The molecule has 0 aromatic heterocycles. The first-order chi connectivity index (χ1) is 11.3. The number of aliphatic hydroxyl groups is 1. The van der Waals surface area contributed by atoms with Gasteiger partial charge in [-0.1, -0.05) is 32.6 Å². The third-order valence-electron chi connectivity index (χ3n) is 3.20. The van der Waals surface area contributed by atoms with Gasteiger partial charge in [0.1, 0.15) is 25.9 Å². The lowest BCUT2D eigenvalue weighted by molar-refractivity contribution is -0.858. The van der Waals surface area contributed by atoms with Crippen LogP contribution in [-0.2, 0) is 23.1 Å². The molecule has 0 aliphatic heterocycles. The zero-order valence-corrected chi connectivity index (χ0v) is 15.9. The van der Waals surface area contributed by atoms with Crippen molar-refractivity contribution in [1.29, 1.82) is 0 Å². The topological polar surface area (TPSA) is 110 Å². The lowest BCUT2D eigenvalue weighted by atomic mass is 10.1. The van der Waals surface area contributed by atoms with E-state index in [0.717, 1.165) is 37.0 Å². The van der Waals surface area contributed by atoms with Crippen LogP contribution in [0.1, 0.15) is 45.4 Å². The Morgan fingerprint density at radius 3 is 2.46 bits per heavy atom. The molecule has 0 spiro atoms. The first-order valence-electron chi connectivity index (χ1n) is 8.49. The molecule has 24 heavy (non-hydrogen) atoms. The van der Waals surface area contributed by atoms with Crippen LogP contribution in [0.5, 0.6) is 0 Å². The van der Waals surface area contributed by atoms with Gasteiger partial charge in [-0.3, -0.25) is 9.36 Å². The number of carbonyl (C=O) groups is 1. The second-order valence-electron chi connectivity index (χ2n) is 6.03. The Bertz CT molecular complexity index is 379. The van der Waals surface area contributed by atoms with E-state index in [1.807, 2.05) is 14.1 Å². The first-order valence-corrected chi connectivity index (χ1v) is 9.95. The summed E-state index contributed by atoms with van der Waals surface area (Å²) in [6.07, 6.45) is 4.20. The Labute approximate surface area is 144 Å². The number of ether oxygens (including phenoxy) is 1. The van der Waals surface area contributed by atoms with Crippen LogP contribution in [0.4, 0.5) is 0 Å². The molecule has 0 aromatic carbocycles. The van der Waals surface area contributed by atoms with Gasteiger partial charge in [-0.2, -0.15) is 0 Å². The summed E-state index contributed by atoms with van der Waals surface area (Å²) in [5.74, 6) is -0.402. The summed E-state index contributed by atoms with van der Waals surface area (Å²) in [5.41, 5.74) is 0. The normalized spacial score (nSPS) is 15.2. The van der Waals surface area contributed by atoms with Crippen LogP contribution in [0.25, 0.3) is 0 Å². The minimum Gasteiger partial charge on any atom is -0.756 e. The fraction of sp³-hybridized carbons (Fsp3) is 0.933. The van der Waals surface area contributed by atoms with Gasteiger partial charge in [0.05, 0.1) is 20.7 Å². The summed E-state index contributed by atoms with van der Waals surface area (Å²) >= 11 is 0. The molecule has 8 nitrogen and oxygen atoms in total. The number of carbonyl (C=O) groups excluding carboxylic acids is 1. The minimum absolute atomic E-state index is 0.00617. The lowest BCUT2D eigenvalue weighted by Crippen LogP contribution is -3.06. The fourth-order valence-corrected chi connectivity index (χ4v) is 2.50. The molecule has 2 N–H and O–H groups in total. The molecular weight excluding hydrogens is 337 g/mol. The number of unbranched alkanes of at least 4 members (excludes halogenated alkanes) is 4. The van der Waals surface area contributed by atoms with E-state index >= 15 is 0 Å². The van der Waals surface area contributed by atoms with E-state index in [9.17, 15) is 19.4 Å². The number of rotatable bonds is 15. The number of hydrogen-bond donors (Lipinski definition) is 2. The fourth-order valence-electron chi connectivity index (χ4n) is 1.76. The van der Waals surface area contributed by atoms with Gasteiger partial charge in [0.2, 0.25) is 0 Å². The molecule has 0 bridgehead atoms. The highest BCUT2D eigenvalue weighted by molar-refractivity contribution is 7.45. The molecule has 0 saturated heterocycles. The van der Waals surface area contributed by atoms with Crippen LogP contribution >= 0.6 is 7.82 Å². The molecule has 0 aliphatic rings. The average Bonchev–Trinajstić information content (AvgIpc) is 2.50. The standard InChI is InChI=1S/C15H32NO7P/c1-4-5-6-7-8-9-15(18)21-12-14(17)13-23-24(19,20)22-11-10-16(2)3/h14,17H,4-13H2,1-3H3,(H,19,20). The predicted molar refractivity (Wildman–Crippen MR) is 87.5 cm³/mol. The molecule has 0 aromatic rings. The van der Waals surface area contributed by atoms with E-state index in [1.165, 1.54) is 0 Å². The third kappa shape index (κ3) is 15.1. The second kappa shape index (κ2) is 13.8. The molecule has 144 valence electrons. The van der Waals surface area contributed by atoms with Crippen LogP contribution < -0.4 is 9.79 Å². The van der Waals surface area contributed by atoms with Crippen molar-refractivity contribution in [2.75, 3.05) is 40.5 Å². The van der Waals surface area contributed by atoms with Crippen molar-refractivity contribution < 1.29 is 38.0 Å². The number of phosphoric acid groups is 1. The van der Waals surface area contributed by atoms with E-state index < -0.39 is 26.5 Å². The summed E-state index contributed by atoms with van der Waals surface area (Å²) in [6, 6.07) is 0. The van der Waals surface area contributed by atoms with Crippen LogP contribution in [-0.4, -0.2) is 57.6 Å². The quantitative estimate of drug-likeness (QED) is 0.236. The minimum atomic E-state index is -4.44. The van der Waals surface area contributed by atoms with Crippen molar-refractivity contribution in [3.63, 3.8) is 0 Å². The summed E-state index contributed by atoms with van der Waals surface area (Å²) in [5, 5.41) is 9.59. The van der Waals surface area contributed by atoms with E-state index in [4.69, 9.17) is 4.74 Å². The van der Waals surface area contributed by atoms with Gasteiger partial charge < -0.3 is 28.7 Å². The van der Waals surface area contributed by atoms with Gasteiger partial charge in [-0.25, -0.2) is 0 Å². The third-order valence-corrected chi connectivity index (χ3v) is 4.16. The van der Waals surface area contributed by atoms with Crippen LogP contribution in [0, 0.1) is 0 Å². The summed E-state index contributed by atoms with van der Waals surface area (Å²) in [4.78, 5) is 23.9. The maximum atomic E-state index is 11.5. The number of esters is 1. The summed E-state index contributed by atoms with van der Waals surface area (Å²) in [6.45, 7) is 1.84. The van der Waals surface area contributed by atoms with E-state index in [1.54, 1.807) is 0 Å². The molecular formula is C15H32NO7P. The molecule has 0 radical (unpaired) electrons. The van der Waals surface area contributed by atoms with Crippen molar-refractivity contribution in [3.8, 4) is 0 Å². The highest BCUT2D eigenvalue weighted by Crippen LogP contribution is 2.37. The highest BCUT2D eigenvalue weighted by Gasteiger charge is 2.15. The Kier molecular flexibility index (Phi) is 13.5. The number of aliphatic hydroxyl groups excluding tert-OH is 1. The molecule has 2 atom stereocenters. The smallest absolute Gasteiger partial charge is 0.305 e. The predicted octanol–water partition coefficient (Wildman–Crippen LogP) is -0.103. The van der Waals surface area contributed by atoms with Crippen LogP contribution in [0.2, 0.25) is 0 Å². The summed E-state index contributed by atoms with van der Waals surface area (Å²) < 4.78 is 25.5. The molecule has 9 heteroatoms. The first kappa shape index (κ1) is 23.5. The number of likely N-dealkylation sites (N-methyl/N-ethyl adjacent to an activating group) is 1. The monoisotopic (exact) mass is 369 g/mol. The van der Waals surface area contributed by atoms with Crippen molar-refractivity contribution in [3.05, 3.63) is 0 Å². The van der Waals surface area contributed by atoms with Gasteiger partial charge in [-0.05, 0) is 6.42 Å². The van der Waals surface area contributed by atoms with Crippen LogP contribution in [0.3, 0.4) is 0 Å². The maximum Gasteiger partial charge on any atom is 0.305 e. The van der Waals surface area contributed by atoms with E-state index in [0.29, 0.717) is 13.0 Å². The Hall–Kier alpha value is -0.500. The van der Waals surface area contributed by atoms with Crippen LogP contribution in [0.15, 0.2) is 0 Å². The molecule has 0 aliphatic carbocycles. The van der Waals surface area contributed by atoms with Gasteiger partial charge in [0.15, 0.2) is 0 Å². The number of hydrogen-bond acceptors (Lipinski definition) is 7. The molecule has 0 amide bonds. The van der Waals surface area contributed by atoms with Gasteiger partial charge in [-0.15, -0.1) is 0 Å². The second-order valence-corrected chi connectivity index (χ2v) is 7.45. The largest absolute Gasteiger partial charge is 0.756 e. The van der Waals surface area contributed by atoms with Gasteiger partial charge >= 0.3 is 5.97 Å². The average molecular weight is 369 g/mol. The molecule has 0 heterocycles. The van der Waals surface area contributed by atoms with Gasteiger partial charge in [0.25, 0.3) is 7.82 Å². The Morgan fingerprint density at radius 2 is 1.83 bits per heavy atom. The molecule has 0 fully saturated rings. The van der Waals surface area contributed by atoms with Crippen molar-refractivity contribution in [2.45, 2.75) is 51.6 Å².